The molecule has 0 unspecified atom stereocenters. The Kier molecular flexibility index (Phi) is 15.2. The second-order valence-corrected chi connectivity index (χ2v) is 6.00. The van der Waals surface area contributed by atoms with Crippen LogP contribution in [0.25, 0.3) is 0 Å². The normalized spacial score (nSPS) is 10.1. The van der Waals surface area contributed by atoms with Crippen molar-refractivity contribution < 1.29 is 29.2 Å². The molecule has 170 valence electrons. The molecule has 8 nitrogen and oxygen atoms in total. The zero-order valence-corrected chi connectivity index (χ0v) is 18.8. The Labute approximate surface area is 189 Å². The highest BCUT2D eigenvalue weighted by Crippen LogP contribution is 2.20. The Morgan fingerprint density at radius 3 is 1.40 bits per heavy atom. The van der Waals surface area contributed by atoms with E-state index in [0.717, 1.165) is 11.1 Å². The Bertz CT molecular complexity index is 675. The lowest BCUT2D eigenvalue weighted by Gasteiger charge is -2.12. The van der Waals surface area contributed by atoms with Crippen LogP contribution in [0.2, 0.25) is 0 Å². The van der Waals surface area contributed by atoms with Gasteiger partial charge >= 0.3 is 0 Å². The molecule has 0 aliphatic rings. The second kappa shape index (κ2) is 16.1. The molecule has 0 amide bonds. The van der Waals surface area contributed by atoms with Crippen molar-refractivity contribution in [1.82, 2.24) is 9.97 Å². The highest BCUT2D eigenvalue weighted by Gasteiger charge is 2.06. The minimum absolute atomic E-state index is 0. The maximum Gasteiger partial charge on any atom is 0.125 e. The van der Waals surface area contributed by atoms with Gasteiger partial charge < -0.3 is 29.2 Å². The first-order chi connectivity index (χ1) is 13.7. The van der Waals surface area contributed by atoms with E-state index >= 15 is 0 Å². The summed E-state index contributed by atoms with van der Waals surface area (Å²) in [5, 5.41) is 18.4. The third kappa shape index (κ3) is 8.99. The van der Waals surface area contributed by atoms with Crippen molar-refractivity contribution in [1.29, 1.82) is 0 Å². The molecule has 2 aromatic rings. The zero-order valence-electron chi connectivity index (χ0n) is 17.2. The van der Waals surface area contributed by atoms with E-state index in [0.29, 0.717) is 62.5 Å². The summed E-state index contributed by atoms with van der Waals surface area (Å²) < 4.78 is 22.2. The molecule has 2 heterocycles. The fourth-order valence-corrected chi connectivity index (χ4v) is 2.49. The van der Waals surface area contributed by atoms with Crippen LogP contribution in [0.15, 0.2) is 24.5 Å². The van der Waals surface area contributed by atoms with Gasteiger partial charge in [0.2, 0.25) is 0 Å². The predicted molar refractivity (Wildman–Crippen MR) is 117 cm³/mol. The van der Waals surface area contributed by atoms with E-state index in [1.807, 2.05) is 13.8 Å². The number of hydrogen-bond acceptors (Lipinski definition) is 8. The Morgan fingerprint density at radius 1 is 0.667 bits per heavy atom. The number of ether oxygens (including phenoxy) is 4. The zero-order chi connectivity index (χ0) is 20.2. The van der Waals surface area contributed by atoms with Crippen molar-refractivity contribution in [3.05, 3.63) is 47.0 Å². The number of aromatic nitrogens is 2. The van der Waals surface area contributed by atoms with Crippen LogP contribution in [0.3, 0.4) is 0 Å². The molecular formula is C20H30Cl2N2O6. The average Bonchev–Trinajstić information content (AvgIpc) is 2.71. The van der Waals surface area contributed by atoms with Crippen molar-refractivity contribution in [2.45, 2.75) is 27.1 Å². The van der Waals surface area contributed by atoms with Crippen molar-refractivity contribution in [2.75, 3.05) is 39.6 Å². The summed E-state index contributed by atoms with van der Waals surface area (Å²) in [5.41, 5.74) is 2.90. The van der Waals surface area contributed by atoms with Crippen molar-refractivity contribution in [3.63, 3.8) is 0 Å². The van der Waals surface area contributed by atoms with Crippen LogP contribution in [0.5, 0.6) is 11.5 Å². The molecular weight excluding hydrogens is 435 g/mol. The molecule has 0 atom stereocenters. The molecule has 2 aromatic heterocycles. The number of halogens is 2. The molecule has 2 N–H and O–H groups in total. The fourth-order valence-electron chi connectivity index (χ4n) is 2.49. The summed E-state index contributed by atoms with van der Waals surface area (Å²) in [6, 6.07) is 3.54. The highest BCUT2D eigenvalue weighted by atomic mass is 35.5. The molecule has 0 aromatic carbocycles. The number of aliphatic hydroxyl groups excluding tert-OH is 2. The maximum atomic E-state index is 9.20. The summed E-state index contributed by atoms with van der Waals surface area (Å²) >= 11 is 0. The topological polar surface area (TPSA) is 103 Å². The van der Waals surface area contributed by atoms with Crippen LogP contribution >= 0.6 is 24.8 Å². The van der Waals surface area contributed by atoms with Crippen LogP contribution < -0.4 is 9.47 Å². The van der Waals surface area contributed by atoms with Gasteiger partial charge in [-0.2, -0.15) is 0 Å². The summed E-state index contributed by atoms with van der Waals surface area (Å²) in [7, 11) is 0. The first-order valence-electron chi connectivity index (χ1n) is 9.19. The van der Waals surface area contributed by atoms with E-state index in [2.05, 4.69) is 9.97 Å². The maximum absolute atomic E-state index is 9.20. The lowest BCUT2D eigenvalue weighted by Crippen LogP contribution is -2.14. The summed E-state index contributed by atoms with van der Waals surface area (Å²) in [4.78, 5) is 8.16. The van der Waals surface area contributed by atoms with Crippen molar-refractivity contribution >= 4 is 24.8 Å². The van der Waals surface area contributed by atoms with E-state index in [-0.39, 0.29) is 38.0 Å². The van der Waals surface area contributed by atoms with Crippen LogP contribution in [-0.2, 0) is 22.7 Å². The predicted octanol–water partition coefficient (Wildman–Crippen LogP) is 2.41. The Hall–Kier alpha value is -1.68. The minimum atomic E-state index is -0.107. The molecule has 10 heteroatoms. The van der Waals surface area contributed by atoms with Gasteiger partial charge in [0.25, 0.3) is 0 Å². The standard InChI is InChI=1S/C20H28N2O6.2ClH/c1-15-17(13-23)21-5-3-19(15)27-11-9-25-7-8-26-10-12-28-20-4-6-22-18(14-24)16(20)2;;/h3-6,23-24H,7-14H2,1-2H3;2*1H. The largest absolute Gasteiger partial charge is 0.491 e. The van der Waals surface area contributed by atoms with E-state index in [1.165, 1.54) is 0 Å². The molecule has 30 heavy (non-hydrogen) atoms. The van der Waals surface area contributed by atoms with E-state index in [9.17, 15) is 10.2 Å². The van der Waals surface area contributed by atoms with E-state index < -0.39 is 0 Å². The van der Waals surface area contributed by atoms with Crippen LogP contribution in [0.4, 0.5) is 0 Å². The first kappa shape index (κ1) is 28.3. The number of pyridine rings is 2. The lowest BCUT2D eigenvalue weighted by atomic mass is 10.2. The summed E-state index contributed by atoms with van der Waals surface area (Å²) in [6.45, 7) is 6.14. The molecule has 0 aliphatic carbocycles. The summed E-state index contributed by atoms with van der Waals surface area (Å²) in [6.07, 6.45) is 3.23. The van der Waals surface area contributed by atoms with Gasteiger partial charge in [-0.15, -0.1) is 24.8 Å². The van der Waals surface area contributed by atoms with Gasteiger partial charge in [-0.05, 0) is 26.0 Å². The average molecular weight is 465 g/mol. The second-order valence-electron chi connectivity index (χ2n) is 6.00. The van der Waals surface area contributed by atoms with Gasteiger partial charge in [-0.25, -0.2) is 0 Å². The Morgan fingerprint density at radius 2 is 1.03 bits per heavy atom. The van der Waals surface area contributed by atoms with Gasteiger partial charge in [-0.1, -0.05) is 0 Å². The molecule has 0 fully saturated rings. The van der Waals surface area contributed by atoms with Crippen molar-refractivity contribution in [2.24, 2.45) is 0 Å². The third-order valence-electron chi connectivity index (χ3n) is 4.16. The molecule has 0 radical (unpaired) electrons. The Balaban J connectivity index is 0.00000420. The van der Waals surface area contributed by atoms with Gasteiger partial charge in [0.05, 0.1) is 51.0 Å². The van der Waals surface area contributed by atoms with Gasteiger partial charge in [-0.3, -0.25) is 9.97 Å². The van der Waals surface area contributed by atoms with E-state index in [1.54, 1.807) is 24.5 Å². The third-order valence-corrected chi connectivity index (χ3v) is 4.16. The smallest absolute Gasteiger partial charge is 0.125 e. The molecule has 0 spiro atoms. The molecule has 0 saturated carbocycles. The molecule has 0 bridgehead atoms. The molecule has 0 saturated heterocycles. The van der Waals surface area contributed by atoms with Gasteiger partial charge in [0.15, 0.2) is 0 Å². The van der Waals surface area contributed by atoms with E-state index in [4.69, 9.17) is 18.9 Å². The highest BCUT2D eigenvalue weighted by molar-refractivity contribution is 5.85. The number of aliphatic hydroxyl groups is 2. The number of nitrogens with zero attached hydrogens (tertiary/aromatic N) is 2. The van der Waals surface area contributed by atoms with Gasteiger partial charge in [0, 0.05) is 23.5 Å². The fraction of sp³-hybridized carbons (Fsp3) is 0.500. The number of rotatable bonds is 13. The monoisotopic (exact) mass is 464 g/mol. The SMILES string of the molecule is Cc1c(OCCOCCOCCOc2ccnc(CO)c2C)ccnc1CO.Cl.Cl. The molecule has 2 rings (SSSR count). The minimum Gasteiger partial charge on any atom is -0.491 e. The van der Waals surface area contributed by atoms with Crippen LogP contribution in [-0.4, -0.2) is 59.8 Å². The molecule has 0 aliphatic heterocycles. The number of hydrogen-bond donors (Lipinski definition) is 2. The first-order valence-corrected chi connectivity index (χ1v) is 9.19. The summed E-state index contributed by atoms with van der Waals surface area (Å²) in [5.74, 6) is 1.40. The van der Waals surface area contributed by atoms with Crippen molar-refractivity contribution in [3.8, 4) is 11.5 Å². The quantitative estimate of drug-likeness (QED) is 0.435. The van der Waals surface area contributed by atoms with Gasteiger partial charge in [0.1, 0.15) is 24.7 Å². The van der Waals surface area contributed by atoms with Crippen LogP contribution in [0, 0.1) is 13.8 Å². The lowest BCUT2D eigenvalue weighted by molar-refractivity contribution is 0.0272. The van der Waals surface area contributed by atoms with Crippen LogP contribution in [0.1, 0.15) is 22.5 Å².